The van der Waals surface area contributed by atoms with Crippen LogP contribution in [0.2, 0.25) is 0 Å². The molecule has 0 spiro atoms. The first kappa shape index (κ1) is 4.09. The average Bonchev–Trinajstić information content (AvgIpc) is 2.21. The maximum absolute atomic E-state index is 4.90. The van der Waals surface area contributed by atoms with Gasteiger partial charge in [0.05, 0.1) is 6.10 Å². The largest absolute Gasteiger partial charge is 0.299 e. The van der Waals surface area contributed by atoms with Crippen molar-refractivity contribution in [3.05, 3.63) is 0 Å². The first-order valence-corrected chi connectivity index (χ1v) is 2.26. The highest BCUT2D eigenvalue weighted by Gasteiger charge is 2.21. The average molecular weight is 87.1 g/mol. The van der Waals surface area contributed by atoms with Gasteiger partial charge in [-0.1, -0.05) is 0 Å². The van der Waals surface area contributed by atoms with E-state index in [1.807, 2.05) is 0 Å². The minimum atomic E-state index is 0.537. The lowest BCUT2D eigenvalue weighted by molar-refractivity contribution is 0.0438. The van der Waals surface area contributed by atoms with Gasteiger partial charge in [0, 0.05) is 7.05 Å². The van der Waals surface area contributed by atoms with Gasteiger partial charge in [0.15, 0.2) is 0 Å². The Bertz CT molecular complexity index is 42.8. The zero-order valence-electron chi connectivity index (χ0n) is 3.90. The SMILES string of the molecule is CNOC1CC1. The van der Waals surface area contributed by atoms with Gasteiger partial charge in [0.25, 0.3) is 0 Å². The molecule has 1 N–H and O–H groups in total. The van der Waals surface area contributed by atoms with Crippen molar-refractivity contribution in [2.24, 2.45) is 0 Å². The van der Waals surface area contributed by atoms with E-state index in [9.17, 15) is 0 Å². The summed E-state index contributed by atoms with van der Waals surface area (Å²) in [5, 5.41) is 0. The van der Waals surface area contributed by atoms with Gasteiger partial charge in [-0.25, -0.2) is 5.48 Å². The molecular formula is C4H9NO. The summed E-state index contributed by atoms with van der Waals surface area (Å²) in [4.78, 5) is 4.90. The van der Waals surface area contributed by atoms with E-state index >= 15 is 0 Å². The standard InChI is InChI=1S/C4H9NO/c1-5-6-4-2-3-4/h4-5H,2-3H2,1H3. The zero-order chi connectivity index (χ0) is 4.41. The minimum absolute atomic E-state index is 0.537. The summed E-state index contributed by atoms with van der Waals surface area (Å²) in [5.74, 6) is 0. The summed E-state index contributed by atoms with van der Waals surface area (Å²) < 4.78 is 0. The molecule has 2 heteroatoms. The summed E-state index contributed by atoms with van der Waals surface area (Å²) >= 11 is 0. The van der Waals surface area contributed by atoms with Crippen LogP contribution >= 0.6 is 0 Å². The molecule has 0 aromatic carbocycles. The quantitative estimate of drug-likeness (QED) is 0.489. The lowest BCUT2D eigenvalue weighted by Crippen LogP contribution is -2.07. The molecule has 1 aliphatic rings. The van der Waals surface area contributed by atoms with Crippen LogP contribution in [0.1, 0.15) is 12.8 Å². The van der Waals surface area contributed by atoms with Crippen LogP contribution in [0.25, 0.3) is 0 Å². The van der Waals surface area contributed by atoms with Gasteiger partial charge in [-0.15, -0.1) is 0 Å². The van der Waals surface area contributed by atoms with Gasteiger partial charge in [0.2, 0.25) is 0 Å². The van der Waals surface area contributed by atoms with E-state index < -0.39 is 0 Å². The van der Waals surface area contributed by atoms with Gasteiger partial charge in [-0.05, 0) is 12.8 Å². The molecule has 6 heavy (non-hydrogen) atoms. The molecule has 0 aromatic heterocycles. The molecule has 2 nitrogen and oxygen atoms in total. The third kappa shape index (κ3) is 0.954. The lowest BCUT2D eigenvalue weighted by Gasteiger charge is -1.91. The van der Waals surface area contributed by atoms with Gasteiger partial charge >= 0.3 is 0 Å². The Morgan fingerprint density at radius 1 is 1.67 bits per heavy atom. The van der Waals surface area contributed by atoms with E-state index in [0.29, 0.717) is 6.10 Å². The minimum Gasteiger partial charge on any atom is -0.299 e. The van der Waals surface area contributed by atoms with Gasteiger partial charge in [-0.3, -0.25) is 4.84 Å². The van der Waals surface area contributed by atoms with Gasteiger partial charge in [0.1, 0.15) is 0 Å². The van der Waals surface area contributed by atoms with E-state index in [0.717, 1.165) is 0 Å². The molecule has 1 saturated carbocycles. The summed E-state index contributed by atoms with van der Waals surface area (Å²) in [6.45, 7) is 0. The van der Waals surface area contributed by atoms with Crippen molar-refractivity contribution in [3.8, 4) is 0 Å². The van der Waals surface area contributed by atoms with Crippen LogP contribution in [-0.2, 0) is 4.84 Å². The molecule has 0 saturated heterocycles. The van der Waals surface area contributed by atoms with Crippen molar-refractivity contribution in [2.75, 3.05) is 7.05 Å². The molecule has 0 bridgehead atoms. The van der Waals surface area contributed by atoms with Crippen LogP contribution < -0.4 is 5.48 Å². The van der Waals surface area contributed by atoms with Crippen LogP contribution in [0.3, 0.4) is 0 Å². The summed E-state index contributed by atoms with van der Waals surface area (Å²) in [6, 6.07) is 0. The second-order valence-electron chi connectivity index (χ2n) is 1.52. The predicted octanol–water partition coefficient (Wildman–Crippen LogP) is 0.300. The van der Waals surface area contributed by atoms with Crippen molar-refractivity contribution >= 4 is 0 Å². The van der Waals surface area contributed by atoms with E-state index in [4.69, 9.17) is 4.84 Å². The molecular weight excluding hydrogens is 78.0 g/mol. The Morgan fingerprint density at radius 3 is 2.50 bits per heavy atom. The molecule has 0 radical (unpaired) electrons. The van der Waals surface area contributed by atoms with Crippen molar-refractivity contribution in [3.63, 3.8) is 0 Å². The van der Waals surface area contributed by atoms with Gasteiger partial charge in [-0.2, -0.15) is 0 Å². The smallest absolute Gasteiger partial charge is 0.0792 e. The molecule has 0 aromatic rings. The van der Waals surface area contributed by atoms with Crippen molar-refractivity contribution in [1.82, 2.24) is 5.48 Å². The molecule has 0 aliphatic heterocycles. The van der Waals surface area contributed by atoms with E-state index in [1.54, 1.807) is 7.05 Å². The van der Waals surface area contributed by atoms with Crippen molar-refractivity contribution < 1.29 is 4.84 Å². The maximum atomic E-state index is 4.90. The fourth-order valence-corrected chi connectivity index (χ4v) is 0.353. The number of nitrogens with one attached hydrogen (secondary N) is 1. The molecule has 1 rings (SSSR count). The second kappa shape index (κ2) is 1.58. The molecule has 0 atom stereocenters. The molecule has 1 aliphatic carbocycles. The molecule has 36 valence electrons. The Balaban J connectivity index is 1.88. The second-order valence-corrected chi connectivity index (χ2v) is 1.52. The lowest BCUT2D eigenvalue weighted by atomic mass is 10.9. The van der Waals surface area contributed by atoms with Crippen LogP contribution in [-0.4, -0.2) is 13.2 Å². The number of hydroxylamine groups is 1. The Labute approximate surface area is 37.4 Å². The number of rotatable bonds is 2. The van der Waals surface area contributed by atoms with Crippen molar-refractivity contribution in [2.45, 2.75) is 18.9 Å². The first-order chi connectivity index (χ1) is 2.93. The predicted molar refractivity (Wildman–Crippen MR) is 23.2 cm³/mol. The summed E-state index contributed by atoms with van der Waals surface area (Å²) in [5.41, 5.74) is 2.63. The number of hydrogen-bond acceptors (Lipinski definition) is 2. The third-order valence-corrected chi connectivity index (χ3v) is 0.809. The third-order valence-electron chi connectivity index (χ3n) is 0.809. The van der Waals surface area contributed by atoms with Crippen LogP contribution in [0.4, 0.5) is 0 Å². The highest BCUT2D eigenvalue weighted by molar-refractivity contribution is 4.71. The zero-order valence-corrected chi connectivity index (χ0v) is 3.90. The first-order valence-electron chi connectivity index (χ1n) is 2.26. The van der Waals surface area contributed by atoms with Crippen molar-refractivity contribution in [1.29, 1.82) is 0 Å². The highest BCUT2D eigenvalue weighted by Crippen LogP contribution is 2.21. The molecule has 1 fully saturated rings. The highest BCUT2D eigenvalue weighted by atomic mass is 16.7. The van der Waals surface area contributed by atoms with Crippen LogP contribution in [0, 0.1) is 0 Å². The topological polar surface area (TPSA) is 21.3 Å². The monoisotopic (exact) mass is 87.1 g/mol. The van der Waals surface area contributed by atoms with E-state index in [-0.39, 0.29) is 0 Å². The van der Waals surface area contributed by atoms with Crippen LogP contribution in [0.15, 0.2) is 0 Å². The molecule has 0 amide bonds. The molecule has 0 unspecified atom stereocenters. The fraction of sp³-hybridized carbons (Fsp3) is 1.00. The summed E-state index contributed by atoms with van der Waals surface area (Å²) in [7, 11) is 1.79. The van der Waals surface area contributed by atoms with E-state index in [1.165, 1.54) is 12.8 Å². The Hall–Kier alpha value is -0.0800. The Kier molecular flexibility index (Phi) is 1.08. The fourth-order valence-electron chi connectivity index (χ4n) is 0.353. The Morgan fingerprint density at radius 2 is 2.33 bits per heavy atom. The number of hydrogen-bond donors (Lipinski definition) is 1. The normalized spacial score (nSPS) is 21.5. The van der Waals surface area contributed by atoms with Crippen LogP contribution in [0.5, 0.6) is 0 Å². The molecule has 0 heterocycles. The van der Waals surface area contributed by atoms with E-state index in [2.05, 4.69) is 5.48 Å². The summed E-state index contributed by atoms with van der Waals surface area (Å²) in [6.07, 6.45) is 3.01. The van der Waals surface area contributed by atoms with Gasteiger partial charge < -0.3 is 0 Å². The maximum Gasteiger partial charge on any atom is 0.0792 e.